The number of aromatic nitrogens is 1. The first-order valence-electron chi connectivity index (χ1n) is 7.07. The summed E-state index contributed by atoms with van der Waals surface area (Å²) in [6, 6.07) is 0. The van der Waals surface area contributed by atoms with Gasteiger partial charge in [-0.05, 0) is 12.8 Å². The molecule has 1 aromatic heterocycles. The highest BCUT2D eigenvalue weighted by atomic mass is 32.1. The molecule has 0 aliphatic carbocycles. The van der Waals surface area contributed by atoms with E-state index in [0.717, 1.165) is 30.9 Å². The van der Waals surface area contributed by atoms with Crippen LogP contribution in [0.15, 0.2) is 11.6 Å². The van der Waals surface area contributed by atoms with E-state index in [-0.39, 0.29) is 17.7 Å². The Labute approximate surface area is 122 Å². The number of rotatable bonds is 2. The first-order chi connectivity index (χ1) is 9.65. The second kappa shape index (κ2) is 5.52. The maximum absolute atomic E-state index is 12.5. The summed E-state index contributed by atoms with van der Waals surface area (Å²) < 4.78 is 0. The molecule has 2 aliphatic heterocycles. The van der Waals surface area contributed by atoms with Crippen molar-refractivity contribution in [2.24, 2.45) is 5.92 Å². The summed E-state index contributed by atoms with van der Waals surface area (Å²) >= 11 is 1.66. The number of carbonyl (C=O) groups excluding carboxylic acids is 2. The highest BCUT2D eigenvalue weighted by molar-refractivity contribution is 7.09. The van der Waals surface area contributed by atoms with Crippen molar-refractivity contribution in [3.05, 3.63) is 16.6 Å². The Bertz CT molecular complexity index is 503. The summed E-state index contributed by atoms with van der Waals surface area (Å²) in [5.74, 6) is 0.436. The molecule has 2 fully saturated rings. The van der Waals surface area contributed by atoms with Crippen molar-refractivity contribution in [1.29, 1.82) is 0 Å². The molecule has 108 valence electrons. The van der Waals surface area contributed by atoms with E-state index in [0.29, 0.717) is 18.9 Å². The van der Waals surface area contributed by atoms with Gasteiger partial charge in [-0.15, -0.1) is 11.3 Å². The third kappa shape index (κ3) is 2.57. The molecular weight excluding hydrogens is 274 g/mol. The van der Waals surface area contributed by atoms with Gasteiger partial charge >= 0.3 is 0 Å². The average molecular weight is 293 g/mol. The Hall–Kier alpha value is -1.43. The van der Waals surface area contributed by atoms with Crippen LogP contribution in [0.25, 0.3) is 0 Å². The Morgan fingerprint density at radius 1 is 1.45 bits per heavy atom. The molecule has 2 amide bonds. The van der Waals surface area contributed by atoms with E-state index < -0.39 is 0 Å². The van der Waals surface area contributed by atoms with E-state index in [1.54, 1.807) is 23.3 Å². The minimum absolute atomic E-state index is 0.0804. The predicted octanol–water partition coefficient (Wildman–Crippen LogP) is 1.33. The molecule has 0 saturated carbocycles. The monoisotopic (exact) mass is 293 g/mol. The average Bonchev–Trinajstić information content (AvgIpc) is 3.09. The van der Waals surface area contributed by atoms with Gasteiger partial charge in [-0.25, -0.2) is 4.98 Å². The van der Waals surface area contributed by atoms with Crippen LogP contribution >= 0.6 is 11.3 Å². The van der Waals surface area contributed by atoms with E-state index in [1.165, 1.54) is 0 Å². The van der Waals surface area contributed by atoms with E-state index in [1.807, 2.05) is 16.5 Å². The van der Waals surface area contributed by atoms with Gasteiger partial charge < -0.3 is 9.80 Å². The lowest BCUT2D eigenvalue weighted by Crippen LogP contribution is -2.42. The molecule has 0 bridgehead atoms. The second-order valence-electron chi connectivity index (χ2n) is 5.67. The third-order valence-electron chi connectivity index (χ3n) is 4.22. The fraction of sp³-hybridized carbons (Fsp3) is 0.643. The fourth-order valence-electron chi connectivity index (χ4n) is 3.10. The third-order valence-corrected chi connectivity index (χ3v) is 5.16. The molecular formula is C14H19N3O2S. The van der Waals surface area contributed by atoms with E-state index in [4.69, 9.17) is 0 Å². The van der Waals surface area contributed by atoms with Crippen LogP contribution in [-0.2, 0) is 9.59 Å². The first-order valence-corrected chi connectivity index (χ1v) is 7.95. The van der Waals surface area contributed by atoms with Crippen LogP contribution in [0.3, 0.4) is 0 Å². The molecule has 6 heteroatoms. The van der Waals surface area contributed by atoms with Gasteiger partial charge in [0, 0.05) is 50.6 Å². The number of carbonyl (C=O) groups is 2. The van der Waals surface area contributed by atoms with Crippen LogP contribution in [0.2, 0.25) is 0 Å². The molecule has 2 aliphatic rings. The number of hydrogen-bond donors (Lipinski definition) is 0. The highest BCUT2D eigenvalue weighted by Crippen LogP contribution is 2.30. The lowest BCUT2D eigenvalue weighted by atomic mass is 9.96. The van der Waals surface area contributed by atoms with Gasteiger partial charge in [0.15, 0.2) is 0 Å². The summed E-state index contributed by atoms with van der Waals surface area (Å²) in [5, 5.41) is 3.11. The van der Waals surface area contributed by atoms with E-state index in [9.17, 15) is 9.59 Å². The van der Waals surface area contributed by atoms with Crippen molar-refractivity contribution in [2.45, 2.75) is 25.2 Å². The number of nitrogens with zero attached hydrogens (tertiary/aromatic N) is 3. The van der Waals surface area contributed by atoms with Crippen LogP contribution in [0.1, 0.15) is 30.2 Å². The van der Waals surface area contributed by atoms with Gasteiger partial charge in [0.2, 0.25) is 11.8 Å². The van der Waals surface area contributed by atoms with Crippen molar-refractivity contribution in [3.63, 3.8) is 0 Å². The molecule has 0 aromatic carbocycles. The topological polar surface area (TPSA) is 53.5 Å². The zero-order chi connectivity index (χ0) is 14.1. The Balaban J connectivity index is 1.65. The van der Waals surface area contributed by atoms with Crippen LogP contribution in [0, 0.1) is 5.92 Å². The molecule has 0 unspecified atom stereocenters. The summed E-state index contributed by atoms with van der Waals surface area (Å²) in [7, 11) is 1.77. The lowest BCUT2D eigenvalue weighted by Gasteiger charge is -2.33. The molecule has 1 aromatic rings. The minimum atomic E-state index is -0.150. The van der Waals surface area contributed by atoms with Gasteiger partial charge in [-0.2, -0.15) is 0 Å². The number of piperidine rings is 1. The molecule has 0 spiro atoms. The quantitative estimate of drug-likeness (QED) is 0.826. The second-order valence-corrected chi connectivity index (χ2v) is 6.60. The summed E-state index contributed by atoms with van der Waals surface area (Å²) in [4.78, 5) is 32.1. The zero-order valence-electron chi connectivity index (χ0n) is 11.6. The Kier molecular flexibility index (Phi) is 3.74. The predicted molar refractivity (Wildman–Crippen MR) is 76.4 cm³/mol. The molecule has 3 heterocycles. The Morgan fingerprint density at radius 2 is 2.30 bits per heavy atom. The largest absolute Gasteiger partial charge is 0.345 e. The summed E-state index contributed by atoms with van der Waals surface area (Å²) in [6.07, 6.45) is 4.31. The fourth-order valence-corrected chi connectivity index (χ4v) is 3.87. The summed E-state index contributed by atoms with van der Waals surface area (Å²) in [5.41, 5.74) is 0. The maximum atomic E-state index is 12.5. The molecule has 2 saturated heterocycles. The molecule has 20 heavy (non-hydrogen) atoms. The van der Waals surface area contributed by atoms with Crippen LogP contribution in [-0.4, -0.2) is 53.3 Å². The van der Waals surface area contributed by atoms with Crippen LogP contribution < -0.4 is 0 Å². The van der Waals surface area contributed by atoms with Gasteiger partial charge in [-0.1, -0.05) is 0 Å². The number of amides is 2. The zero-order valence-corrected chi connectivity index (χ0v) is 12.4. The summed E-state index contributed by atoms with van der Waals surface area (Å²) in [6.45, 7) is 2.13. The van der Waals surface area contributed by atoms with E-state index >= 15 is 0 Å². The van der Waals surface area contributed by atoms with Crippen LogP contribution in [0.4, 0.5) is 0 Å². The molecule has 0 N–H and O–H groups in total. The van der Waals surface area contributed by atoms with Gasteiger partial charge in [0.1, 0.15) is 0 Å². The van der Waals surface area contributed by atoms with Crippen LogP contribution in [0.5, 0.6) is 0 Å². The van der Waals surface area contributed by atoms with Crippen molar-refractivity contribution in [3.8, 4) is 0 Å². The standard InChI is InChI=1S/C14H19N3O2S/c1-16-8-11(7-12(16)18)14(19)17-5-2-3-10(9-17)13-15-4-6-20-13/h4,6,10-11H,2-3,5,7-9H2,1H3/t10-,11-/m0/s1. The van der Waals surface area contributed by atoms with Crippen molar-refractivity contribution in [1.82, 2.24) is 14.8 Å². The molecule has 0 radical (unpaired) electrons. The van der Waals surface area contributed by atoms with Crippen molar-refractivity contribution in [2.75, 3.05) is 26.7 Å². The normalized spacial score (nSPS) is 27.1. The van der Waals surface area contributed by atoms with Crippen molar-refractivity contribution < 1.29 is 9.59 Å². The SMILES string of the molecule is CN1C[C@@H](C(=O)N2CCC[C@H](c3nccs3)C2)CC1=O. The molecule has 2 atom stereocenters. The molecule has 5 nitrogen and oxygen atoms in total. The van der Waals surface area contributed by atoms with Gasteiger partial charge in [0.05, 0.1) is 10.9 Å². The first kappa shape index (κ1) is 13.5. The van der Waals surface area contributed by atoms with E-state index in [2.05, 4.69) is 4.98 Å². The maximum Gasteiger partial charge on any atom is 0.228 e. The number of likely N-dealkylation sites (tertiary alicyclic amines) is 2. The van der Waals surface area contributed by atoms with Crippen molar-refractivity contribution >= 4 is 23.2 Å². The number of thiazole rings is 1. The van der Waals surface area contributed by atoms with Gasteiger partial charge in [-0.3, -0.25) is 9.59 Å². The lowest BCUT2D eigenvalue weighted by molar-refractivity contribution is -0.137. The smallest absolute Gasteiger partial charge is 0.228 e. The minimum Gasteiger partial charge on any atom is -0.345 e. The highest BCUT2D eigenvalue weighted by Gasteiger charge is 2.36. The van der Waals surface area contributed by atoms with Gasteiger partial charge in [0.25, 0.3) is 0 Å². The molecule has 3 rings (SSSR count). The Morgan fingerprint density at radius 3 is 2.95 bits per heavy atom. The number of hydrogen-bond acceptors (Lipinski definition) is 4.